The second-order valence-electron chi connectivity index (χ2n) is 7.15. The highest BCUT2D eigenvalue weighted by atomic mass is 19.1. The lowest BCUT2D eigenvalue weighted by molar-refractivity contribution is -0.129. The molecule has 1 aromatic heterocycles. The third kappa shape index (κ3) is 2.73. The normalized spacial score (nSPS) is 25.4. The summed E-state index contributed by atoms with van der Waals surface area (Å²) in [6, 6.07) is 6.47. The largest absolute Gasteiger partial charge is 0.341 e. The van der Waals surface area contributed by atoms with Crippen molar-refractivity contribution in [3.05, 3.63) is 47.4 Å². The van der Waals surface area contributed by atoms with E-state index in [1.54, 1.807) is 18.2 Å². The molecule has 25 heavy (non-hydrogen) atoms. The van der Waals surface area contributed by atoms with Crippen molar-refractivity contribution in [3.8, 4) is 0 Å². The Kier molecular flexibility index (Phi) is 4.06. The number of carbonyl (C=O) groups excluding carboxylic acids is 1. The molecule has 0 bridgehead atoms. The van der Waals surface area contributed by atoms with Gasteiger partial charge in [-0.25, -0.2) is 4.39 Å². The lowest BCUT2D eigenvalue weighted by Gasteiger charge is -2.24. The van der Waals surface area contributed by atoms with E-state index in [9.17, 15) is 9.18 Å². The summed E-state index contributed by atoms with van der Waals surface area (Å²) in [5.74, 6) is 1.40. The maximum atomic E-state index is 13.8. The molecule has 1 saturated carbocycles. The van der Waals surface area contributed by atoms with Gasteiger partial charge in [-0.1, -0.05) is 36.7 Å². The van der Waals surface area contributed by atoms with Gasteiger partial charge in [0.05, 0.1) is 11.8 Å². The summed E-state index contributed by atoms with van der Waals surface area (Å²) in [7, 11) is 0. The zero-order valence-electron chi connectivity index (χ0n) is 14.4. The average molecular weight is 343 g/mol. The van der Waals surface area contributed by atoms with E-state index in [0.29, 0.717) is 36.9 Å². The Bertz CT molecular complexity index is 790. The van der Waals surface area contributed by atoms with Crippen molar-refractivity contribution in [1.29, 1.82) is 0 Å². The molecule has 6 heteroatoms. The number of hydrogen-bond donors (Lipinski definition) is 0. The molecule has 1 amide bonds. The topological polar surface area (TPSA) is 59.2 Å². The fourth-order valence-corrected chi connectivity index (χ4v) is 4.36. The van der Waals surface area contributed by atoms with Crippen LogP contribution >= 0.6 is 0 Å². The van der Waals surface area contributed by atoms with Crippen LogP contribution in [0, 0.1) is 11.7 Å². The number of fused-ring (bicyclic) bond motifs is 1. The van der Waals surface area contributed by atoms with Crippen molar-refractivity contribution >= 4 is 5.91 Å². The molecule has 5 nitrogen and oxygen atoms in total. The number of benzene rings is 1. The van der Waals surface area contributed by atoms with Gasteiger partial charge in [0.1, 0.15) is 5.82 Å². The SMILES string of the molecule is CCc1nc([C@@]23CCC[C@@H]2CN(C(=O)Cc2ccccc2F)C3)no1. The van der Waals surface area contributed by atoms with Gasteiger partial charge >= 0.3 is 0 Å². The van der Waals surface area contributed by atoms with Gasteiger partial charge in [0.25, 0.3) is 0 Å². The van der Waals surface area contributed by atoms with Gasteiger partial charge in [0, 0.05) is 19.5 Å². The van der Waals surface area contributed by atoms with E-state index in [1.807, 2.05) is 11.8 Å². The highest BCUT2D eigenvalue weighted by Gasteiger charge is 2.54. The predicted molar refractivity (Wildman–Crippen MR) is 89.4 cm³/mol. The Hall–Kier alpha value is -2.24. The molecule has 0 unspecified atom stereocenters. The minimum Gasteiger partial charge on any atom is -0.341 e. The highest BCUT2D eigenvalue weighted by Crippen LogP contribution is 2.49. The van der Waals surface area contributed by atoms with Crippen molar-refractivity contribution in [1.82, 2.24) is 15.0 Å². The van der Waals surface area contributed by atoms with Crippen LogP contribution in [0.25, 0.3) is 0 Å². The lowest BCUT2D eigenvalue weighted by Crippen LogP contribution is -2.36. The zero-order valence-corrected chi connectivity index (χ0v) is 14.4. The Morgan fingerprint density at radius 1 is 1.44 bits per heavy atom. The van der Waals surface area contributed by atoms with Crippen LogP contribution in [0.3, 0.4) is 0 Å². The first-order valence-corrected chi connectivity index (χ1v) is 8.96. The highest BCUT2D eigenvalue weighted by molar-refractivity contribution is 5.79. The predicted octanol–water partition coefficient (Wildman–Crippen LogP) is 2.89. The zero-order chi connectivity index (χ0) is 17.4. The number of rotatable bonds is 4. The maximum absolute atomic E-state index is 13.8. The minimum atomic E-state index is -0.323. The molecule has 2 fully saturated rings. The van der Waals surface area contributed by atoms with Crippen molar-refractivity contribution in [3.63, 3.8) is 0 Å². The molecule has 2 aromatic rings. The summed E-state index contributed by atoms with van der Waals surface area (Å²) in [5, 5.41) is 4.21. The molecule has 0 radical (unpaired) electrons. The molecule has 1 saturated heterocycles. The van der Waals surface area contributed by atoms with Crippen LogP contribution in [0.4, 0.5) is 4.39 Å². The smallest absolute Gasteiger partial charge is 0.227 e. The Labute approximate surface area is 146 Å². The minimum absolute atomic E-state index is 0.0296. The van der Waals surface area contributed by atoms with Gasteiger partial charge in [-0.2, -0.15) is 4.98 Å². The number of amides is 1. The van der Waals surface area contributed by atoms with Gasteiger partial charge in [-0.05, 0) is 30.4 Å². The fourth-order valence-electron chi connectivity index (χ4n) is 4.36. The van der Waals surface area contributed by atoms with E-state index in [4.69, 9.17) is 4.52 Å². The average Bonchev–Trinajstić information content (AvgIpc) is 3.30. The maximum Gasteiger partial charge on any atom is 0.227 e. The Morgan fingerprint density at radius 2 is 2.28 bits per heavy atom. The monoisotopic (exact) mass is 343 g/mol. The summed E-state index contributed by atoms with van der Waals surface area (Å²) >= 11 is 0. The van der Waals surface area contributed by atoms with Gasteiger partial charge < -0.3 is 9.42 Å². The van der Waals surface area contributed by atoms with Crippen molar-refractivity contribution in [2.45, 2.75) is 44.4 Å². The summed E-state index contributed by atoms with van der Waals surface area (Å²) in [4.78, 5) is 19.1. The van der Waals surface area contributed by atoms with Crippen molar-refractivity contribution in [2.24, 2.45) is 5.92 Å². The van der Waals surface area contributed by atoms with E-state index >= 15 is 0 Å². The van der Waals surface area contributed by atoms with Crippen molar-refractivity contribution < 1.29 is 13.7 Å². The Morgan fingerprint density at radius 3 is 3.04 bits per heavy atom. The standard InChI is InChI=1S/C19H22FN3O2/c1-2-16-21-18(22-25-16)19-9-5-7-14(19)11-23(12-19)17(24)10-13-6-3-4-8-15(13)20/h3-4,6,8,14H,2,5,7,9-12H2,1H3/t14-,19-/m1/s1. The van der Waals surface area contributed by atoms with Gasteiger partial charge in [0.2, 0.25) is 11.8 Å². The molecule has 1 aromatic carbocycles. The third-order valence-corrected chi connectivity index (χ3v) is 5.74. The molecule has 1 aliphatic heterocycles. The number of nitrogens with zero attached hydrogens (tertiary/aromatic N) is 3. The third-order valence-electron chi connectivity index (χ3n) is 5.74. The first kappa shape index (κ1) is 16.2. The molecule has 4 rings (SSSR count). The van der Waals surface area contributed by atoms with Crippen LogP contribution in [-0.2, 0) is 23.1 Å². The van der Waals surface area contributed by atoms with Crippen LogP contribution in [-0.4, -0.2) is 34.0 Å². The number of aromatic nitrogens is 2. The lowest BCUT2D eigenvalue weighted by atomic mass is 9.80. The Balaban J connectivity index is 1.54. The number of aryl methyl sites for hydroxylation is 1. The molecule has 132 valence electrons. The summed E-state index contributed by atoms with van der Waals surface area (Å²) < 4.78 is 19.2. The quantitative estimate of drug-likeness (QED) is 0.856. The molecule has 2 atom stereocenters. The summed E-state index contributed by atoms with van der Waals surface area (Å²) in [5.41, 5.74) is 0.258. The first-order chi connectivity index (χ1) is 12.1. The van der Waals surface area contributed by atoms with E-state index in [-0.39, 0.29) is 23.6 Å². The molecule has 0 N–H and O–H groups in total. The molecule has 1 aliphatic carbocycles. The summed E-state index contributed by atoms with van der Waals surface area (Å²) in [6.07, 6.45) is 3.98. The molecule has 2 heterocycles. The fraction of sp³-hybridized carbons (Fsp3) is 0.526. The van der Waals surface area contributed by atoms with E-state index in [1.165, 1.54) is 6.07 Å². The number of likely N-dealkylation sites (tertiary alicyclic amines) is 1. The van der Waals surface area contributed by atoms with Crippen LogP contribution < -0.4 is 0 Å². The number of halogens is 1. The van der Waals surface area contributed by atoms with Crippen molar-refractivity contribution in [2.75, 3.05) is 13.1 Å². The second kappa shape index (κ2) is 6.24. The van der Waals surface area contributed by atoms with Gasteiger partial charge in [-0.15, -0.1) is 0 Å². The number of carbonyl (C=O) groups is 1. The van der Waals surface area contributed by atoms with Crippen LogP contribution in [0.2, 0.25) is 0 Å². The first-order valence-electron chi connectivity index (χ1n) is 8.96. The second-order valence-corrected chi connectivity index (χ2v) is 7.15. The van der Waals surface area contributed by atoms with E-state index < -0.39 is 0 Å². The van der Waals surface area contributed by atoms with Crippen LogP contribution in [0.5, 0.6) is 0 Å². The van der Waals surface area contributed by atoms with Gasteiger partial charge in [-0.3, -0.25) is 4.79 Å². The van der Waals surface area contributed by atoms with Crippen LogP contribution in [0.1, 0.15) is 43.5 Å². The summed E-state index contributed by atoms with van der Waals surface area (Å²) in [6.45, 7) is 3.29. The van der Waals surface area contributed by atoms with Gasteiger partial charge in [0.15, 0.2) is 5.82 Å². The van der Waals surface area contributed by atoms with E-state index in [0.717, 1.165) is 25.1 Å². The van der Waals surface area contributed by atoms with Crippen LogP contribution in [0.15, 0.2) is 28.8 Å². The molecule has 0 spiro atoms. The molecule has 2 aliphatic rings. The number of hydrogen-bond acceptors (Lipinski definition) is 4. The molecular formula is C19H22FN3O2. The molecular weight excluding hydrogens is 321 g/mol. The van der Waals surface area contributed by atoms with E-state index in [2.05, 4.69) is 10.1 Å².